The summed E-state index contributed by atoms with van der Waals surface area (Å²) >= 11 is 17.9. The maximum absolute atomic E-state index is 12.0. The van der Waals surface area contributed by atoms with Crippen LogP contribution in [0.25, 0.3) is 0 Å². The standard InChI is InChI=1S/C17H14Cl3NO3/c1-10(11-5-2-3-7-13(11)18)21-15(22)9-24-17(23)12-6-4-8-14(19)16(12)20/h2-8,10H,9H2,1H3,(H,21,22)/t10-/m1/s1. The number of benzene rings is 2. The number of ether oxygens (including phenoxy) is 1. The van der Waals surface area contributed by atoms with Gasteiger partial charge in [-0.1, -0.05) is 59.1 Å². The van der Waals surface area contributed by atoms with Crippen molar-refractivity contribution in [3.63, 3.8) is 0 Å². The van der Waals surface area contributed by atoms with E-state index < -0.39 is 18.5 Å². The number of hydrogen-bond acceptors (Lipinski definition) is 3. The zero-order valence-corrected chi connectivity index (χ0v) is 15.0. The van der Waals surface area contributed by atoms with E-state index in [1.807, 2.05) is 12.1 Å². The minimum Gasteiger partial charge on any atom is -0.452 e. The van der Waals surface area contributed by atoms with E-state index in [9.17, 15) is 9.59 Å². The van der Waals surface area contributed by atoms with Crippen molar-refractivity contribution in [2.75, 3.05) is 6.61 Å². The molecular weight excluding hydrogens is 373 g/mol. The smallest absolute Gasteiger partial charge is 0.340 e. The van der Waals surface area contributed by atoms with Gasteiger partial charge in [0.2, 0.25) is 0 Å². The van der Waals surface area contributed by atoms with E-state index in [-0.39, 0.29) is 21.7 Å². The van der Waals surface area contributed by atoms with Gasteiger partial charge in [0.05, 0.1) is 21.7 Å². The second kappa shape index (κ2) is 8.38. The molecule has 1 amide bonds. The molecule has 0 saturated heterocycles. The van der Waals surface area contributed by atoms with Crippen molar-refractivity contribution in [1.29, 1.82) is 0 Å². The second-order valence-electron chi connectivity index (χ2n) is 4.99. The summed E-state index contributed by atoms with van der Waals surface area (Å²) in [7, 11) is 0. The van der Waals surface area contributed by atoms with Gasteiger partial charge in [-0.15, -0.1) is 0 Å². The Morgan fingerprint density at radius 1 is 1.04 bits per heavy atom. The SMILES string of the molecule is C[C@@H](NC(=O)COC(=O)c1cccc(Cl)c1Cl)c1ccccc1Cl. The molecule has 0 spiro atoms. The Bertz CT molecular complexity index is 764. The number of nitrogens with one attached hydrogen (secondary N) is 1. The Balaban J connectivity index is 1.92. The molecule has 7 heteroatoms. The molecule has 2 aromatic carbocycles. The molecule has 0 bridgehead atoms. The van der Waals surface area contributed by atoms with Gasteiger partial charge in [0.25, 0.3) is 5.91 Å². The quantitative estimate of drug-likeness (QED) is 0.759. The fraction of sp³-hybridized carbons (Fsp3) is 0.176. The van der Waals surface area contributed by atoms with Crippen molar-refractivity contribution in [3.8, 4) is 0 Å². The topological polar surface area (TPSA) is 55.4 Å². The second-order valence-corrected chi connectivity index (χ2v) is 6.18. The highest BCUT2D eigenvalue weighted by Crippen LogP contribution is 2.26. The highest BCUT2D eigenvalue weighted by Gasteiger charge is 2.17. The molecule has 2 aromatic rings. The Morgan fingerprint density at radius 2 is 1.71 bits per heavy atom. The monoisotopic (exact) mass is 385 g/mol. The first-order valence-corrected chi connectivity index (χ1v) is 8.18. The van der Waals surface area contributed by atoms with Crippen LogP contribution in [0.5, 0.6) is 0 Å². The number of halogens is 3. The number of hydrogen-bond donors (Lipinski definition) is 1. The van der Waals surface area contributed by atoms with Crippen molar-refractivity contribution in [2.24, 2.45) is 0 Å². The van der Waals surface area contributed by atoms with Crippen LogP contribution in [0.1, 0.15) is 28.9 Å². The van der Waals surface area contributed by atoms with Crippen molar-refractivity contribution >= 4 is 46.7 Å². The molecule has 0 aliphatic carbocycles. The Hall–Kier alpha value is -1.75. The van der Waals surface area contributed by atoms with Crippen molar-refractivity contribution < 1.29 is 14.3 Å². The molecule has 0 heterocycles. The van der Waals surface area contributed by atoms with Crippen LogP contribution in [0, 0.1) is 0 Å². The zero-order chi connectivity index (χ0) is 17.7. The zero-order valence-electron chi connectivity index (χ0n) is 12.7. The highest BCUT2D eigenvalue weighted by atomic mass is 35.5. The molecule has 0 aliphatic rings. The summed E-state index contributed by atoms with van der Waals surface area (Å²) in [5.74, 6) is -1.17. The third-order valence-corrected chi connectivity index (χ3v) is 4.42. The first kappa shape index (κ1) is 18.6. The van der Waals surface area contributed by atoms with Gasteiger partial charge in [0.15, 0.2) is 6.61 Å². The van der Waals surface area contributed by atoms with Crippen LogP contribution in [-0.4, -0.2) is 18.5 Å². The lowest BCUT2D eigenvalue weighted by atomic mass is 10.1. The predicted octanol–water partition coefficient (Wildman–Crippen LogP) is 4.68. The molecule has 2 rings (SSSR count). The Labute approximate surface area is 154 Å². The number of esters is 1. The van der Waals surface area contributed by atoms with E-state index >= 15 is 0 Å². The average Bonchev–Trinajstić information content (AvgIpc) is 2.55. The summed E-state index contributed by atoms with van der Waals surface area (Å²) in [5, 5.41) is 3.59. The first-order valence-electron chi connectivity index (χ1n) is 7.05. The molecule has 1 atom stereocenters. The number of carbonyl (C=O) groups is 2. The predicted molar refractivity (Wildman–Crippen MR) is 94.8 cm³/mol. The van der Waals surface area contributed by atoms with Crippen LogP contribution in [0.4, 0.5) is 0 Å². The van der Waals surface area contributed by atoms with Gasteiger partial charge in [0.1, 0.15) is 0 Å². The number of carbonyl (C=O) groups excluding carboxylic acids is 2. The van der Waals surface area contributed by atoms with Gasteiger partial charge in [-0.25, -0.2) is 4.79 Å². The summed E-state index contributed by atoms with van der Waals surface area (Å²) in [6.45, 7) is 1.35. The third-order valence-electron chi connectivity index (χ3n) is 3.26. The van der Waals surface area contributed by atoms with Gasteiger partial charge in [-0.3, -0.25) is 4.79 Å². The van der Waals surface area contributed by atoms with Crippen molar-refractivity contribution in [2.45, 2.75) is 13.0 Å². The van der Waals surface area contributed by atoms with Crippen molar-refractivity contribution in [3.05, 3.63) is 68.7 Å². The van der Waals surface area contributed by atoms with Gasteiger partial charge in [-0.2, -0.15) is 0 Å². The summed E-state index contributed by atoms with van der Waals surface area (Å²) in [6.07, 6.45) is 0. The summed E-state index contributed by atoms with van der Waals surface area (Å²) in [4.78, 5) is 23.9. The van der Waals surface area contributed by atoms with Crippen molar-refractivity contribution in [1.82, 2.24) is 5.32 Å². The molecule has 0 saturated carbocycles. The Kier molecular flexibility index (Phi) is 6.49. The minimum absolute atomic E-state index is 0.0917. The maximum atomic E-state index is 12.0. The molecule has 0 unspecified atom stereocenters. The normalized spacial score (nSPS) is 11.7. The molecule has 0 aliphatic heterocycles. The van der Waals surface area contributed by atoms with E-state index in [2.05, 4.69) is 5.32 Å². The fourth-order valence-corrected chi connectivity index (χ4v) is 2.73. The number of amides is 1. The average molecular weight is 387 g/mol. The van der Waals surface area contributed by atoms with Crippen LogP contribution in [0.3, 0.4) is 0 Å². The van der Waals surface area contributed by atoms with Crippen LogP contribution in [0.2, 0.25) is 15.1 Å². The van der Waals surface area contributed by atoms with E-state index in [1.165, 1.54) is 6.07 Å². The van der Waals surface area contributed by atoms with Gasteiger partial charge >= 0.3 is 5.97 Å². The molecule has 1 N–H and O–H groups in total. The summed E-state index contributed by atoms with van der Waals surface area (Å²) in [5.41, 5.74) is 0.882. The lowest BCUT2D eigenvalue weighted by Gasteiger charge is -2.15. The molecule has 0 fully saturated rings. The fourth-order valence-electron chi connectivity index (χ4n) is 2.06. The lowest BCUT2D eigenvalue weighted by molar-refractivity contribution is -0.124. The minimum atomic E-state index is -0.719. The van der Waals surface area contributed by atoms with Crippen LogP contribution < -0.4 is 5.32 Å². The summed E-state index contributed by atoms with van der Waals surface area (Å²) in [6, 6.07) is 11.5. The van der Waals surface area contributed by atoms with E-state index in [0.717, 1.165) is 5.56 Å². The van der Waals surface area contributed by atoms with E-state index in [0.29, 0.717) is 5.02 Å². The van der Waals surface area contributed by atoms with Crippen LogP contribution >= 0.6 is 34.8 Å². The molecule has 24 heavy (non-hydrogen) atoms. The Morgan fingerprint density at radius 3 is 2.42 bits per heavy atom. The van der Waals surface area contributed by atoms with Gasteiger partial charge in [0, 0.05) is 5.02 Å². The van der Waals surface area contributed by atoms with Crippen LogP contribution in [-0.2, 0) is 9.53 Å². The molecule has 126 valence electrons. The maximum Gasteiger partial charge on any atom is 0.340 e. The van der Waals surface area contributed by atoms with E-state index in [1.54, 1.807) is 31.2 Å². The molecule has 0 radical (unpaired) electrons. The largest absolute Gasteiger partial charge is 0.452 e. The number of rotatable bonds is 5. The molecule has 4 nitrogen and oxygen atoms in total. The van der Waals surface area contributed by atoms with Gasteiger partial charge in [-0.05, 0) is 30.7 Å². The molecular formula is C17H14Cl3NO3. The lowest BCUT2D eigenvalue weighted by Crippen LogP contribution is -2.31. The first-order chi connectivity index (χ1) is 11.4. The third kappa shape index (κ3) is 4.63. The summed E-state index contributed by atoms with van der Waals surface area (Å²) < 4.78 is 4.97. The van der Waals surface area contributed by atoms with Crippen LogP contribution in [0.15, 0.2) is 42.5 Å². The van der Waals surface area contributed by atoms with Gasteiger partial charge < -0.3 is 10.1 Å². The molecule has 0 aromatic heterocycles. The van der Waals surface area contributed by atoms with E-state index in [4.69, 9.17) is 39.5 Å². The highest BCUT2D eigenvalue weighted by molar-refractivity contribution is 6.43.